The third kappa shape index (κ3) is 4.23. The molecule has 8 heteroatoms. The van der Waals surface area contributed by atoms with Crippen molar-refractivity contribution in [2.24, 2.45) is 4.47 Å². The molecular formula is C10H14ClN3O3S. The van der Waals surface area contributed by atoms with Crippen LogP contribution in [0.25, 0.3) is 0 Å². The van der Waals surface area contributed by atoms with Gasteiger partial charge in [0.05, 0.1) is 0 Å². The van der Waals surface area contributed by atoms with E-state index in [0.29, 0.717) is 5.15 Å². The summed E-state index contributed by atoms with van der Waals surface area (Å²) in [5.74, 6) is 0.151. The first kappa shape index (κ1) is 14.8. The van der Waals surface area contributed by atoms with E-state index in [1.807, 2.05) is 6.92 Å². The first-order chi connectivity index (χ1) is 8.36. The van der Waals surface area contributed by atoms with Gasteiger partial charge in [-0.2, -0.15) is 0 Å². The normalized spacial score (nSPS) is 15.7. The molecule has 18 heavy (non-hydrogen) atoms. The number of nitrogens with zero attached hydrogens (tertiary/aromatic N) is 3. The van der Waals surface area contributed by atoms with Crippen LogP contribution >= 0.6 is 11.6 Å². The number of aromatic nitrogens is 1. The molecule has 0 bridgehead atoms. The number of pyridine rings is 1. The van der Waals surface area contributed by atoms with Crippen LogP contribution in [-0.4, -0.2) is 25.7 Å². The Labute approximate surface area is 111 Å². The third-order valence-corrected chi connectivity index (χ3v) is 5.07. The Balaban J connectivity index is 2.93. The highest BCUT2D eigenvalue weighted by atomic mass is 35.5. The number of rotatable bonds is 5. The molecule has 0 amide bonds. The summed E-state index contributed by atoms with van der Waals surface area (Å²) in [6.07, 6.45) is 1.58. The average Bonchev–Trinajstić information content (AvgIpc) is 2.28. The lowest BCUT2D eigenvalue weighted by Crippen LogP contribution is -2.16. The second-order valence-corrected chi connectivity index (χ2v) is 6.87. The summed E-state index contributed by atoms with van der Waals surface area (Å²) in [6.45, 7) is 3.46. The van der Waals surface area contributed by atoms with Crippen LogP contribution in [0.1, 0.15) is 25.3 Å². The first-order valence-corrected chi connectivity index (χ1v) is 7.57. The zero-order chi connectivity index (χ0) is 13.8. The molecule has 0 aliphatic heterocycles. The first-order valence-electron chi connectivity index (χ1n) is 5.34. The second-order valence-electron chi connectivity index (χ2n) is 3.86. The van der Waals surface area contributed by atoms with E-state index in [9.17, 15) is 14.3 Å². The molecular weight excluding hydrogens is 278 g/mol. The summed E-state index contributed by atoms with van der Waals surface area (Å²) in [5.41, 5.74) is 0.833. The Morgan fingerprint density at radius 1 is 1.61 bits per heavy atom. The summed E-state index contributed by atoms with van der Waals surface area (Å²) >= 11 is 5.67. The SMILES string of the molecule is CCS(=O)(CC(C)c1ccc(Cl)nc1)=N[N+](=O)[O-]. The van der Waals surface area contributed by atoms with Gasteiger partial charge in [-0.05, 0) is 17.5 Å². The summed E-state index contributed by atoms with van der Waals surface area (Å²) in [5, 5.41) is 9.86. The molecule has 0 aromatic carbocycles. The lowest BCUT2D eigenvalue weighted by molar-refractivity contribution is -0.482. The molecule has 0 N–H and O–H groups in total. The zero-order valence-electron chi connectivity index (χ0n) is 10.1. The molecule has 6 nitrogen and oxygen atoms in total. The van der Waals surface area contributed by atoms with E-state index < -0.39 is 14.8 Å². The van der Waals surface area contributed by atoms with Gasteiger partial charge in [-0.15, -0.1) is 0 Å². The molecule has 2 atom stereocenters. The Hall–Kier alpha value is -1.21. The highest BCUT2D eigenvalue weighted by Crippen LogP contribution is 2.19. The highest BCUT2D eigenvalue weighted by Gasteiger charge is 2.18. The van der Waals surface area contributed by atoms with Crippen molar-refractivity contribution < 1.29 is 9.24 Å². The van der Waals surface area contributed by atoms with Crippen molar-refractivity contribution in [2.45, 2.75) is 19.8 Å². The van der Waals surface area contributed by atoms with Crippen molar-refractivity contribution in [2.75, 3.05) is 11.5 Å². The summed E-state index contributed by atoms with van der Waals surface area (Å²) < 4.78 is 15.3. The maximum absolute atomic E-state index is 12.2. The van der Waals surface area contributed by atoms with Crippen LogP contribution in [0.4, 0.5) is 0 Å². The molecule has 1 heterocycles. The van der Waals surface area contributed by atoms with Crippen LogP contribution in [0.2, 0.25) is 5.15 Å². The van der Waals surface area contributed by atoms with E-state index >= 15 is 0 Å². The minimum absolute atomic E-state index is 0.133. The van der Waals surface area contributed by atoms with Gasteiger partial charge >= 0.3 is 0 Å². The van der Waals surface area contributed by atoms with Gasteiger partial charge in [-0.3, -0.25) is 0 Å². The van der Waals surface area contributed by atoms with E-state index in [0.717, 1.165) is 5.56 Å². The minimum Gasteiger partial charge on any atom is -0.244 e. The van der Waals surface area contributed by atoms with Gasteiger partial charge in [0.2, 0.25) is 0 Å². The minimum atomic E-state index is -2.82. The monoisotopic (exact) mass is 291 g/mol. The smallest absolute Gasteiger partial charge is 0.199 e. The largest absolute Gasteiger partial charge is 0.244 e. The van der Waals surface area contributed by atoms with Crippen molar-refractivity contribution in [3.8, 4) is 0 Å². The Bertz CT molecular complexity index is 538. The van der Waals surface area contributed by atoms with Crippen molar-refractivity contribution in [3.05, 3.63) is 39.2 Å². The van der Waals surface area contributed by atoms with Crippen molar-refractivity contribution in [3.63, 3.8) is 0 Å². The Morgan fingerprint density at radius 3 is 2.72 bits per heavy atom. The van der Waals surface area contributed by atoms with Gasteiger partial charge in [-0.1, -0.05) is 31.5 Å². The fraction of sp³-hybridized carbons (Fsp3) is 0.500. The molecule has 2 unspecified atom stereocenters. The van der Waals surface area contributed by atoms with E-state index in [-0.39, 0.29) is 17.4 Å². The van der Waals surface area contributed by atoms with Gasteiger partial charge in [0.15, 0.2) is 5.03 Å². The molecule has 1 rings (SSSR count). The van der Waals surface area contributed by atoms with E-state index in [4.69, 9.17) is 11.6 Å². The summed E-state index contributed by atoms with van der Waals surface area (Å²) in [7, 11) is -2.82. The predicted molar refractivity (Wildman–Crippen MR) is 70.6 cm³/mol. The molecule has 0 aliphatic carbocycles. The lowest BCUT2D eigenvalue weighted by atomic mass is 10.1. The molecule has 100 valence electrons. The highest BCUT2D eigenvalue weighted by molar-refractivity contribution is 7.93. The quantitative estimate of drug-likeness (QED) is 0.474. The van der Waals surface area contributed by atoms with Crippen LogP contribution in [0.15, 0.2) is 22.8 Å². The van der Waals surface area contributed by atoms with Crippen molar-refractivity contribution >= 4 is 21.3 Å². The van der Waals surface area contributed by atoms with Gasteiger partial charge < -0.3 is 0 Å². The summed E-state index contributed by atoms with van der Waals surface area (Å²) in [6, 6.07) is 3.40. The zero-order valence-corrected chi connectivity index (χ0v) is 11.6. The molecule has 0 spiro atoms. The molecule has 0 radical (unpaired) electrons. The Kier molecular flexibility index (Phi) is 5.03. The third-order valence-electron chi connectivity index (χ3n) is 2.50. The van der Waals surface area contributed by atoms with Gasteiger partial charge in [-0.25, -0.2) is 19.3 Å². The fourth-order valence-corrected chi connectivity index (χ4v) is 3.24. The fourth-order valence-electron chi connectivity index (χ4n) is 1.50. The maximum Gasteiger partial charge on any atom is 0.199 e. The summed E-state index contributed by atoms with van der Waals surface area (Å²) in [4.78, 5) is 14.3. The van der Waals surface area contributed by atoms with Crippen LogP contribution < -0.4 is 0 Å². The predicted octanol–water partition coefficient (Wildman–Crippen LogP) is 2.52. The van der Waals surface area contributed by atoms with Crippen molar-refractivity contribution in [1.82, 2.24) is 4.98 Å². The molecule has 0 aliphatic rings. The van der Waals surface area contributed by atoms with E-state index in [1.54, 1.807) is 25.3 Å². The molecule has 0 saturated heterocycles. The van der Waals surface area contributed by atoms with Gasteiger partial charge in [0.1, 0.15) is 19.4 Å². The number of halogens is 1. The topological polar surface area (TPSA) is 85.5 Å². The molecule has 0 saturated carbocycles. The van der Waals surface area contributed by atoms with Crippen molar-refractivity contribution in [1.29, 1.82) is 0 Å². The average molecular weight is 292 g/mol. The second kappa shape index (κ2) is 6.10. The number of hydrogen-bond donors (Lipinski definition) is 0. The van der Waals surface area contributed by atoms with Crippen LogP contribution in [0, 0.1) is 10.1 Å². The van der Waals surface area contributed by atoms with Crippen LogP contribution in [0.3, 0.4) is 0 Å². The van der Waals surface area contributed by atoms with Crippen LogP contribution in [0.5, 0.6) is 0 Å². The standard InChI is InChI=1S/C10H14ClN3O3S/c1-3-18(17,13-14(15)16)7-8(2)9-4-5-10(11)12-6-9/h4-6,8H,3,7H2,1-2H3. The maximum atomic E-state index is 12.2. The number of hydrogen-bond acceptors (Lipinski definition) is 4. The van der Waals surface area contributed by atoms with E-state index in [1.165, 1.54) is 0 Å². The molecule has 1 aromatic heterocycles. The van der Waals surface area contributed by atoms with E-state index in [2.05, 4.69) is 9.46 Å². The van der Waals surface area contributed by atoms with Gasteiger partial charge in [0.25, 0.3) is 0 Å². The molecule has 1 aromatic rings. The number of nitro groups is 1. The lowest BCUT2D eigenvalue weighted by Gasteiger charge is -2.12. The Morgan fingerprint density at radius 2 is 2.28 bits per heavy atom. The van der Waals surface area contributed by atoms with Crippen LogP contribution in [-0.2, 0) is 9.73 Å². The molecule has 0 fully saturated rings. The van der Waals surface area contributed by atoms with Gasteiger partial charge in [0, 0.05) is 17.7 Å².